The monoisotopic (exact) mass is 240 g/mol. The highest BCUT2D eigenvalue weighted by molar-refractivity contribution is 6.33. The summed E-state index contributed by atoms with van der Waals surface area (Å²) >= 11 is 6.00. The van der Waals surface area contributed by atoms with Crippen LogP contribution in [0.15, 0.2) is 12.1 Å². The summed E-state index contributed by atoms with van der Waals surface area (Å²) in [4.78, 5) is 11.8. The minimum Gasteiger partial charge on any atom is -0.489 e. The van der Waals surface area contributed by atoms with Gasteiger partial charge in [-0.2, -0.15) is 0 Å². The van der Waals surface area contributed by atoms with E-state index in [2.05, 4.69) is 5.32 Å². The molecule has 5 heteroatoms. The molecular weight excluding hydrogens is 228 g/mol. The standard InChI is InChI=1S/C11H13ClN2O2/c1-11(2)5-16-9-7(12)3-6(13)4-8(9)14-10(11)15/h3-4H,5,13H2,1-2H3,(H,14,15). The molecule has 3 N–H and O–H groups in total. The van der Waals surface area contributed by atoms with E-state index in [1.165, 1.54) is 0 Å². The number of amides is 1. The number of carbonyl (C=O) groups excluding carboxylic acids is 1. The lowest BCUT2D eigenvalue weighted by Crippen LogP contribution is -2.33. The van der Waals surface area contributed by atoms with Crippen molar-refractivity contribution in [2.24, 2.45) is 5.41 Å². The molecule has 0 spiro atoms. The number of fused-ring (bicyclic) bond motifs is 1. The number of ether oxygens (including phenoxy) is 1. The number of nitrogen functional groups attached to an aromatic ring is 1. The van der Waals surface area contributed by atoms with Gasteiger partial charge in [-0.25, -0.2) is 0 Å². The van der Waals surface area contributed by atoms with Gasteiger partial charge in [-0.15, -0.1) is 0 Å². The maximum atomic E-state index is 11.8. The number of hydrogen-bond acceptors (Lipinski definition) is 3. The van der Waals surface area contributed by atoms with Crippen molar-refractivity contribution < 1.29 is 9.53 Å². The van der Waals surface area contributed by atoms with Gasteiger partial charge in [-0.3, -0.25) is 4.79 Å². The van der Waals surface area contributed by atoms with Crippen molar-refractivity contribution in [3.63, 3.8) is 0 Å². The highest BCUT2D eigenvalue weighted by Gasteiger charge is 2.33. The van der Waals surface area contributed by atoms with Crippen LogP contribution in [0, 0.1) is 5.41 Å². The van der Waals surface area contributed by atoms with E-state index in [0.29, 0.717) is 22.1 Å². The van der Waals surface area contributed by atoms with Gasteiger partial charge in [0.2, 0.25) is 5.91 Å². The van der Waals surface area contributed by atoms with Gasteiger partial charge in [0.05, 0.1) is 16.1 Å². The van der Waals surface area contributed by atoms with Crippen molar-refractivity contribution in [3.05, 3.63) is 17.2 Å². The fourth-order valence-electron chi connectivity index (χ4n) is 1.46. The minimum atomic E-state index is -0.586. The van der Waals surface area contributed by atoms with Crippen LogP contribution in [0.1, 0.15) is 13.8 Å². The van der Waals surface area contributed by atoms with Gasteiger partial charge >= 0.3 is 0 Å². The Morgan fingerprint density at radius 3 is 2.88 bits per heavy atom. The van der Waals surface area contributed by atoms with Crippen molar-refractivity contribution in [2.75, 3.05) is 17.7 Å². The van der Waals surface area contributed by atoms with E-state index in [1.54, 1.807) is 12.1 Å². The summed E-state index contributed by atoms with van der Waals surface area (Å²) < 4.78 is 5.55. The second kappa shape index (κ2) is 3.56. The molecule has 0 aliphatic carbocycles. The summed E-state index contributed by atoms with van der Waals surface area (Å²) in [5.41, 5.74) is 6.09. The molecule has 86 valence electrons. The van der Waals surface area contributed by atoms with Crippen molar-refractivity contribution >= 4 is 28.9 Å². The first-order valence-corrected chi connectivity index (χ1v) is 5.31. The van der Waals surface area contributed by atoms with E-state index in [0.717, 1.165) is 0 Å². The Bertz CT molecular complexity index is 458. The molecule has 0 radical (unpaired) electrons. The van der Waals surface area contributed by atoms with Gasteiger partial charge in [0, 0.05) is 5.69 Å². The fourth-order valence-corrected chi connectivity index (χ4v) is 1.75. The van der Waals surface area contributed by atoms with Crippen LogP contribution in [-0.4, -0.2) is 12.5 Å². The van der Waals surface area contributed by atoms with Crippen molar-refractivity contribution in [1.29, 1.82) is 0 Å². The zero-order valence-corrected chi connectivity index (χ0v) is 9.89. The van der Waals surface area contributed by atoms with E-state index in [4.69, 9.17) is 22.1 Å². The number of carbonyl (C=O) groups is 1. The zero-order valence-electron chi connectivity index (χ0n) is 9.13. The Labute approximate surface area is 98.7 Å². The van der Waals surface area contributed by atoms with Crippen LogP contribution >= 0.6 is 11.6 Å². The molecule has 0 saturated carbocycles. The van der Waals surface area contributed by atoms with Crippen LogP contribution in [0.3, 0.4) is 0 Å². The van der Waals surface area contributed by atoms with Crippen LogP contribution in [-0.2, 0) is 4.79 Å². The Hall–Kier alpha value is -1.42. The third-order valence-electron chi connectivity index (χ3n) is 2.51. The Morgan fingerprint density at radius 1 is 1.50 bits per heavy atom. The maximum absolute atomic E-state index is 11.8. The van der Waals surface area contributed by atoms with Gasteiger partial charge in [0.1, 0.15) is 6.61 Å². The van der Waals surface area contributed by atoms with E-state index in [1.807, 2.05) is 13.8 Å². The number of nitrogens with two attached hydrogens (primary N) is 1. The number of hydrogen-bond donors (Lipinski definition) is 2. The van der Waals surface area contributed by atoms with Crippen LogP contribution in [0.5, 0.6) is 5.75 Å². The van der Waals surface area contributed by atoms with E-state index in [-0.39, 0.29) is 12.5 Å². The van der Waals surface area contributed by atoms with Crippen LogP contribution in [0.2, 0.25) is 5.02 Å². The molecular formula is C11H13ClN2O2. The van der Waals surface area contributed by atoms with Crippen LogP contribution in [0.4, 0.5) is 11.4 Å². The number of anilines is 2. The van der Waals surface area contributed by atoms with E-state index in [9.17, 15) is 4.79 Å². The zero-order chi connectivity index (χ0) is 11.9. The molecule has 4 nitrogen and oxygen atoms in total. The van der Waals surface area contributed by atoms with E-state index >= 15 is 0 Å². The Balaban J connectivity index is 2.49. The Morgan fingerprint density at radius 2 is 2.19 bits per heavy atom. The smallest absolute Gasteiger partial charge is 0.233 e. The molecule has 1 aromatic carbocycles. The van der Waals surface area contributed by atoms with Gasteiger partial charge in [-0.05, 0) is 26.0 Å². The average molecular weight is 241 g/mol. The average Bonchev–Trinajstić information content (AvgIpc) is 2.25. The molecule has 0 aromatic heterocycles. The van der Waals surface area contributed by atoms with E-state index < -0.39 is 5.41 Å². The predicted molar refractivity (Wildman–Crippen MR) is 63.8 cm³/mol. The fraction of sp³-hybridized carbons (Fsp3) is 0.364. The summed E-state index contributed by atoms with van der Waals surface area (Å²) in [6.07, 6.45) is 0. The molecule has 16 heavy (non-hydrogen) atoms. The first kappa shape index (κ1) is 11.1. The molecule has 1 aromatic rings. The van der Waals surface area contributed by atoms with Crippen molar-refractivity contribution in [2.45, 2.75) is 13.8 Å². The summed E-state index contributed by atoms with van der Waals surface area (Å²) in [6.45, 7) is 3.91. The summed E-state index contributed by atoms with van der Waals surface area (Å²) in [5, 5.41) is 3.18. The van der Waals surface area contributed by atoms with Gasteiger partial charge in [0.15, 0.2) is 5.75 Å². The minimum absolute atomic E-state index is 0.104. The summed E-state index contributed by atoms with van der Waals surface area (Å²) in [6, 6.07) is 3.24. The van der Waals surface area contributed by atoms with Crippen LogP contribution < -0.4 is 15.8 Å². The summed E-state index contributed by atoms with van der Waals surface area (Å²) in [7, 11) is 0. The lowest BCUT2D eigenvalue weighted by atomic mass is 9.94. The Kier molecular flexibility index (Phi) is 2.46. The molecule has 1 aliphatic heterocycles. The molecule has 0 unspecified atom stereocenters. The van der Waals surface area contributed by atoms with Crippen molar-refractivity contribution in [1.82, 2.24) is 0 Å². The maximum Gasteiger partial charge on any atom is 0.233 e. The third kappa shape index (κ3) is 1.80. The molecule has 0 fully saturated rings. The molecule has 0 atom stereocenters. The topological polar surface area (TPSA) is 64.3 Å². The SMILES string of the molecule is CC1(C)COc2c(Cl)cc(N)cc2NC1=O. The first-order valence-electron chi connectivity index (χ1n) is 4.93. The molecule has 0 bridgehead atoms. The quantitative estimate of drug-likeness (QED) is 0.684. The molecule has 1 heterocycles. The number of rotatable bonds is 0. The second-order valence-electron chi connectivity index (χ2n) is 4.51. The molecule has 2 rings (SSSR count). The number of benzene rings is 1. The molecule has 0 saturated heterocycles. The molecule has 1 amide bonds. The largest absolute Gasteiger partial charge is 0.489 e. The second-order valence-corrected chi connectivity index (χ2v) is 4.91. The van der Waals surface area contributed by atoms with Gasteiger partial charge in [-0.1, -0.05) is 11.6 Å². The lowest BCUT2D eigenvalue weighted by Gasteiger charge is -2.18. The first-order chi connectivity index (χ1) is 7.40. The normalized spacial score (nSPS) is 18.1. The van der Waals surface area contributed by atoms with Gasteiger partial charge in [0.25, 0.3) is 0 Å². The van der Waals surface area contributed by atoms with Crippen molar-refractivity contribution in [3.8, 4) is 5.75 Å². The van der Waals surface area contributed by atoms with Crippen LogP contribution in [0.25, 0.3) is 0 Å². The third-order valence-corrected chi connectivity index (χ3v) is 2.79. The highest BCUT2D eigenvalue weighted by atomic mass is 35.5. The molecule has 1 aliphatic rings. The van der Waals surface area contributed by atoms with Gasteiger partial charge < -0.3 is 15.8 Å². The lowest BCUT2D eigenvalue weighted by molar-refractivity contribution is -0.124. The summed E-state index contributed by atoms with van der Waals surface area (Å²) in [5.74, 6) is 0.378. The predicted octanol–water partition coefficient (Wildman–Crippen LogP) is 2.28. The number of nitrogens with one attached hydrogen (secondary N) is 1. The number of halogens is 1. The highest BCUT2D eigenvalue weighted by Crippen LogP contribution is 2.39.